The minimum atomic E-state index is -4.48. The molecule has 0 aliphatic heterocycles. The van der Waals surface area contributed by atoms with Crippen LogP contribution in [0.3, 0.4) is 0 Å². The lowest BCUT2D eigenvalue weighted by atomic mass is 10.1. The van der Waals surface area contributed by atoms with E-state index in [-0.39, 0.29) is 11.0 Å². The van der Waals surface area contributed by atoms with Gasteiger partial charge in [0.25, 0.3) is 5.91 Å². The Balaban J connectivity index is 1.93. The van der Waals surface area contributed by atoms with Crippen molar-refractivity contribution in [2.45, 2.75) is 45.4 Å². The fraction of sp³-hybridized carbons (Fsp3) is 0.381. The van der Waals surface area contributed by atoms with Crippen molar-refractivity contribution in [2.75, 3.05) is 11.9 Å². The van der Waals surface area contributed by atoms with Crippen LogP contribution in [0.1, 0.15) is 55.8 Å². The molecule has 0 heterocycles. The van der Waals surface area contributed by atoms with Gasteiger partial charge in [0.1, 0.15) is 5.75 Å². The lowest BCUT2D eigenvalue weighted by Gasteiger charge is -2.12. The van der Waals surface area contributed by atoms with Crippen LogP contribution in [0, 0.1) is 0 Å². The van der Waals surface area contributed by atoms with Crippen molar-refractivity contribution in [3.8, 4) is 5.75 Å². The van der Waals surface area contributed by atoms with Gasteiger partial charge in [-0.2, -0.15) is 0 Å². The van der Waals surface area contributed by atoms with Crippen LogP contribution in [-0.2, 0) is 4.57 Å². The number of para-hydroxylation sites is 1. The lowest BCUT2D eigenvalue weighted by molar-refractivity contribution is 0.102. The molecule has 2 aromatic rings. The van der Waals surface area contributed by atoms with Crippen molar-refractivity contribution in [3.63, 3.8) is 0 Å². The van der Waals surface area contributed by atoms with Gasteiger partial charge in [-0.3, -0.25) is 9.36 Å². The molecule has 0 spiro atoms. The standard InChI is InChI=1S/C21H28NO5P/c1-2-3-4-5-6-9-15-27-18-12-10-11-17(16-18)21(23)22-19-13-7-8-14-20(19)28(24,25)26/h7-8,10-14,16H,2-6,9,15H2,1H3,(H,22,23)(H2,24,25,26). The van der Waals surface area contributed by atoms with Crippen molar-refractivity contribution >= 4 is 24.5 Å². The molecule has 0 radical (unpaired) electrons. The first-order valence-corrected chi connectivity index (χ1v) is 11.2. The molecule has 2 aromatic carbocycles. The van der Waals surface area contributed by atoms with Crippen molar-refractivity contribution < 1.29 is 23.9 Å². The van der Waals surface area contributed by atoms with E-state index in [4.69, 9.17) is 4.74 Å². The Morgan fingerprint density at radius 3 is 2.46 bits per heavy atom. The third-order valence-electron chi connectivity index (χ3n) is 4.33. The number of amides is 1. The highest BCUT2D eigenvalue weighted by atomic mass is 31.2. The minimum absolute atomic E-state index is 0.0965. The van der Waals surface area contributed by atoms with Gasteiger partial charge in [0.2, 0.25) is 0 Å². The normalized spacial score (nSPS) is 11.2. The highest BCUT2D eigenvalue weighted by Gasteiger charge is 2.22. The molecule has 0 aromatic heterocycles. The number of unbranched alkanes of at least 4 members (excludes halogenated alkanes) is 5. The van der Waals surface area contributed by atoms with E-state index < -0.39 is 13.5 Å². The van der Waals surface area contributed by atoms with Gasteiger partial charge in [0.05, 0.1) is 17.6 Å². The Morgan fingerprint density at radius 1 is 1.00 bits per heavy atom. The number of nitrogens with one attached hydrogen (secondary N) is 1. The van der Waals surface area contributed by atoms with E-state index in [9.17, 15) is 19.1 Å². The first-order valence-electron chi connectivity index (χ1n) is 9.61. The number of hydrogen-bond donors (Lipinski definition) is 3. The molecular weight excluding hydrogens is 377 g/mol. The second kappa shape index (κ2) is 11.0. The maximum Gasteiger partial charge on any atom is 0.358 e. The summed E-state index contributed by atoms with van der Waals surface area (Å²) in [6, 6.07) is 12.7. The van der Waals surface area contributed by atoms with Crippen LogP contribution in [0.2, 0.25) is 0 Å². The largest absolute Gasteiger partial charge is 0.494 e. The SMILES string of the molecule is CCCCCCCCOc1cccc(C(=O)Nc2ccccc2P(=O)(O)O)c1. The summed E-state index contributed by atoms with van der Waals surface area (Å²) in [5.41, 5.74) is 0.459. The predicted octanol–water partition coefficient (Wildman–Crippen LogP) is 4.48. The number of anilines is 1. The monoisotopic (exact) mass is 405 g/mol. The number of hydrogen-bond acceptors (Lipinski definition) is 3. The number of carbonyl (C=O) groups excluding carboxylic acids is 1. The third-order valence-corrected chi connectivity index (χ3v) is 5.35. The van der Waals surface area contributed by atoms with Gasteiger partial charge in [-0.05, 0) is 36.8 Å². The molecule has 0 unspecified atom stereocenters. The van der Waals surface area contributed by atoms with E-state index in [1.165, 1.54) is 43.9 Å². The molecule has 0 aliphatic carbocycles. The van der Waals surface area contributed by atoms with Crippen molar-refractivity contribution in [1.82, 2.24) is 0 Å². The maximum absolute atomic E-state index is 12.5. The average molecular weight is 405 g/mol. The second-order valence-corrected chi connectivity index (χ2v) is 8.23. The van der Waals surface area contributed by atoms with Gasteiger partial charge in [0.15, 0.2) is 0 Å². The fourth-order valence-corrected chi connectivity index (χ4v) is 3.55. The molecule has 0 saturated carbocycles. The topological polar surface area (TPSA) is 95.9 Å². The summed E-state index contributed by atoms with van der Waals surface area (Å²) in [6.07, 6.45) is 7.04. The highest BCUT2D eigenvalue weighted by Crippen LogP contribution is 2.36. The quantitative estimate of drug-likeness (QED) is 0.378. The van der Waals surface area contributed by atoms with E-state index in [1.807, 2.05) is 0 Å². The van der Waals surface area contributed by atoms with Crippen LogP contribution in [0.25, 0.3) is 0 Å². The molecule has 28 heavy (non-hydrogen) atoms. The van der Waals surface area contributed by atoms with Gasteiger partial charge in [-0.25, -0.2) is 0 Å². The summed E-state index contributed by atoms with van der Waals surface area (Å²) >= 11 is 0. The molecule has 0 saturated heterocycles. The molecule has 0 fully saturated rings. The van der Waals surface area contributed by atoms with Crippen molar-refractivity contribution in [1.29, 1.82) is 0 Å². The molecule has 3 N–H and O–H groups in total. The smallest absolute Gasteiger partial charge is 0.358 e. The highest BCUT2D eigenvalue weighted by molar-refractivity contribution is 7.60. The van der Waals surface area contributed by atoms with Crippen LogP contribution in [0.5, 0.6) is 5.75 Å². The Morgan fingerprint density at radius 2 is 1.71 bits per heavy atom. The summed E-state index contributed by atoms with van der Waals surface area (Å²) in [4.78, 5) is 31.4. The average Bonchev–Trinajstić information content (AvgIpc) is 2.67. The molecule has 152 valence electrons. The van der Waals surface area contributed by atoms with E-state index >= 15 is 0 Å². The third kappa shape index (κ3) is 7.12. The number of ether oxygens (including phenoxy) is 1. The Kier molecular flexibility index (Phi) is 8.71. The predicted molar refractivity (Wildman–Crippen MR) is 111 cm³/mol. The summed E-state index contributed by atoms with van der Waals surface area (Å²) in [5, 5.41) is 2.36. The van der Waals surface area contributed by atoms with E-state index in [0.717, 1.165) is 12.8 Å². The fourth-order valence-electron chi connectivity index (χ4n) is 2.83. The summed E-state index contributed by atoms with van der Waals surface area (Å²) in [7, 11) is -4.48. The van der Waals surface area contributed by atoms with Crippen LogP contribution >= 0.6 is 7.60 Å². The van der Waals surface area contributed by atoms with E-state index in [1.54, 1.807) is 30.3 Å². The van der Waals surface area contributed by atoms with Gasteiger partial charge in [-0.1, -0.05) is 57.2 Å². The minimum Gasteiger partial charge on any atom is -0.494 e. The molecule has 6 nitrogen and oxygen atoms in total. The first kappa shape index (κ1) is 22.2. The second-order valence-electron chi connectivity index (χ2n) is 6.66. The van der Waals surface area contributed by atoms with E-state index in [2.05, 4.69) is 12.2 Å². The zero-order chi connectivity index (χ0) is 20.4. The Hall–Kier alpha value is -2.14. The summed E-state index contributed by atoms with van der Waals surface area (Å²) in [6.45, 7) is 2.79. The van der Waals surface area contributed by atoms with Crippen LogP contribution in [0.15, 0.2) is 48.5 Å². The Bertz CT molecular complexity index is 818. The molecule has 0 aliphatic rings. The maximum atomic E-state index is 12.5. The van der Waals surface area contributed by atoms with E-state index in [0.29, 0.717) is 17.9 Å². The molecule has 2 rings (SSSR count). The molecule has 0 bridgehead atoms. The Labute approximate surface area is 166 Å². The molecular formula is C21H28NO5P. The van der Waals surface area contributed by atoms with Crippen molar-refractivity contribution in [2.24, 2.45) is 0 Å². The lowest BCUT2D eigenvalue weighted by Crippen LogP contribution is -2.18. The van der Waals surface area contributed by atoms with Gasteiger partial charge in [-0.15, -0.1) is 0 Å². The first-order chi connectivity index (χ1) is 13.4. The van der Waals surface area contributed by atoms with Crippen LogP contribution < -0.4 is 15.4 Å². The van der Waals surface area contributed by atoms with Gasteiger partial charge in [0, 0.05) is 5.56 Å². The molecule has 7 heteroatoms. The van der Waals surface area contributed by atoms with Gasteiger partial charge >= 0.3 is 7.60 Å². The van der Waals surface area contributed by atoms with Crippen LogP contribution in [-0.4, -0.2) is 22.3 Å². The zero-order valence-corrected chi connectivity index (χ0v) is 17.0. The van der Waals surface area contributed by atoms with Crippen LogP contribution in [0.4, 0.5) is 5.69 Å². The zero-order valence-electron chi connectivity index (χ0n) is 16.1. The number of rotatable bonds is 11. The van der Waals surface area contributed by atoms with Crippen molar-refractivity contribution in [3.05, 3.63) is 54.1 Å². The number of carbonyl (C=O) groups is 1. The van der Waals surface area contributed by atoms with Gasteiger partial charge < -0.3 is 19.8 Å². The number of benzene rings is 2. The summed E-state index contributed by atoms with van der Waals surface area (Å²) in [5.74, 6) is 0.149. The molecule has 1 amide bonds. The molecule has 0 atom stereocenters. The summed E-state index contributed by atoms with van der Waals surface area (Å²) < 4.78 is 17.3.